The second-order valence-electron chi connectivity index (χ2n) is 10.2. The third kappa shape index (κ3) is 135. The van der Waals surface area contributed by atoms with Gasteiger partial charge in [0.05, 0.1) is 0 Å². The monoisotopic (exact) mass is 546 g/mol. The van der Waals surface area contributed by atoms with Crippen molar-refractivity contribution in [1.29, 1.82) is 0 Å². The molecule has 0 bridgehead atoms. The number of hydrogen-bond donors (Lipinski definition) is 0. The first-order chi connectivity index (χ1) is 10.2. The SMILES string of the molecule is CC(C)(C)[C]#[W]=[CH]C(C)(C)C.CP(C)C.CP(C)C.[CH2-]C(C)(C)C. The molecule has 0 saturated heterocycles. The fourth-order valence-electron chi connectivity index (χ4n) is 0.383. The topological polar surface area (TPSA) is 0 Å². The third-order valence-electron chi connectivity index (χ3n) is 0.778. The fraction of sp³-hybridized carbons (Fsp3) is 0.857. The first-order valence-electron chi connectivity index (χ1n) is 8.52. The van der Waals surface area contributed by atoms with Crippen LogP contribution in [-0.2, 0) is 17.4 Å². The van der Waals surface area contributed by atoms with Crippen LogP contribution in [0.4, 0.5) is 0 Å². The van der Waals surface area contributed by atoms with E-state index in [0.29, 0.717) is 26.7 Å². The molecule has 0 heterocycles. The summed E-state index contributed by atoms with van der Waals surface area (Å²) in [5.74, 6) is 0. The van der Waals surface area contributed by atoms with Gasteiger partial charge >= 0.3 is 78.4 Å². The number of rotatable bonds is 0. The molecular formula is C21H48P2W-. The van der Waals surface area contributed by atoms with E-state index in [1.807, 2.05) is 0 Å². The number of hydrogen-bond acceptors (Lipinski definition) is 0. The summed E-state index contributed by atoms with van der Waals surface area (Å²) in [5, 5.41) is 0. The van der Waals surface area contributed by atoms with Crippen LogP contribution in [0.5, 0.6) is 0 Å². The van der Waals surface area contributed by atoms with Crippen LogP contribution in [-0.4, -0.2) is 44.4 Å². The van der Waals surface area contributed by atoms with E-state index < -0.39 is 17.4 Å². The molecule has 0 spiro atoms. The summed E-state index contributed by atoms with van der Waals surface area (Å²) >= 11 is -0.405. The first-order valence-corrected chi connectivity index (χ1v) is 17.0. The minimum absolute atomic E-state index is 0.250. The van der Waals surface area contributed by atoms with Crippen LogP contribution in [0.1, 0.15) is 62.3 Å². The van der Waals surface area contributed by atoms with E-state index in [1.54, 1.807) is 0 Å². The largest absolute Gasteiger partial charge is 0.338 e. The van der Waals surface area contributed by atoms with Crippen LogP contribution in [0.3, 0.4) is 0 Å². The van der Waals surface area contributed by atoms with Gasteiger partial charge in [-0.2, -0.15) is 5.41 Å². The molecule has 0 saturated carbocycles. The Morgan fingerprint density at radius 3 is 1.04 bits per heavy atom. The van der Waals surface area contributed by atoms with E-state index in [9.17, 15) is 0 Å². The van der Waals surface area contributed by atoms with Gasteiger partial charge in [-0.25, -0.2) is 0 Å². The second kappa shape index (κ2) is 16.4. The van der Waals surface area contributed by atoms with Gasteiger partial charge in [-0.1, -0.05) is 20.8 Å². The Morgan fingerprint density at radius 2 is 0.917 bits per heavy atom. The maximum absolute atomic E-state index is 3.77. The molecule has 0 aliphatic carbocycles. The van der Waals surface area contributed by atoms with E-state index in [0.717, 1.165) is 0 Å². The van der Waals surface area contributed by atoms with Crippen LogP contribution in [0.2, 0.25) is 0 Å². The van der Waals surface area contributed by atoms with Gasteiger partial charge in [0, 0.05) is 0 Å². The average Bonchev–Trinajstić information content (AvgIpc) is 2.06. The van der Waals surface area contributed by atoms with Crippen molar-refractivity contribution in [2.45, 2.75) is 62.3 Å². The van der Waals surface area contributed by atoms with Gasteiger partial charge < -0.3 is 6.92 Å². The Bertz CT molecular complexity index is 351. The third-order valence-corrected chi connectivity index (χ3v) is 6.36. The Labute approximate surface area is 167 Å². The molecule has 0 aromatic rings. The van der Waals surface area contributed by atoms with E-state index in [4.69, 9.17) is 0 Å². The van der Waals surface area contributed by atoms with Crippen molar-refractivity contribution in [2.75, 3.05) is 40.0 Å². The smallest absolute Gasteiger partial charge is 0.0449 e. The predicted molar refractivity (Wildman–Crippen MR) is 123 cm³/mol. The normalized spacial score (nSPS) is 10.9. The molecule has 0 aliphatic heterocycles. The molecule has 0 N–H and O–H groups in total. The zero-order valence-electron chi connectivity index (χ0n) is 19.6. The van der Waals surface area contributed by atoms with E-state index in [2.05, 4.69) is 118 Å². The molecule has 0 atom stereocenters. The van der Waals surface area contributed by atoms with E-state index >= 15 is 0 Å². The summed E-state index contributed by atoms with van der Waals surface area (Å²) in [6, 6.07) is 0. The van der Waals surface area contributed by atoms with Crippen molar-refractivity contribution in [3.8, 4) is 4.20 Å². The van der Waals surface area contributed by atoms with Crippen molar-refractivity contribution in [1.82, 2.24) is 0 Å². The molecule has 0 radical (unpaired) electrons. The van der Waals surface area contributed by atoms with Gasteiger partial charge in [-0.3, -0.25) is 0 Å². The summed E-state index contributed by atoms with van der Waals surface area (Å²) in [6.45, 7) is 36.8. The first kappa shape index (κ1) is 32.8. The molecule has 0 aliphatic rings. The Balaban J connectivity index is -0.000000128. The van der Waals surface area contributed by atoms with Crippen LogP contribution in [0.15, 0.2) is 0 Å². The van der Waals surface area contributed by atoms with Crippen molar-refractivity contribution in [3.05, 3.63) is 6.92 Å². The minimum atomic E-state index is -0.405. The van der Waals surface area contributed by atoms with Gasteiger partial charge in [0.15, 0.2) is 0 Å². The maximum atomic E-state index is 3.77. The van der Waals surface area contributed by atoms with Crippen LogP contribution in [0, 0.1) is 27.4 Å². The van der Waals surface area contributed by atoms with E-state index in [1.165, 1.54) is 0 Å². The van der Waals surface area contributed by atoms with Gasteiger partial charge in [0.25, 0.3) is 0 Å². The molecule has 0 aromatic heterocycles. The molecule has 0 amide bonds. The molecule has 0 unspecified atom stereocenters. The van der Waals surface area contributed by atoms with Crippen molar-refractivity contribution in [3.63, 3.8) is 0 Å². The van der Waals surface area contributed by atoms with Crippen molar-refractivity contribution < 1.29 is 17.4 Å². The second-order valence-corrected chi connectivity index (χ2v) is 18.0. The molecule has 0 nitrogen and oxygen atoms in total. The Morgan fingerprint density at radius 1 is 0.708 bits per heavy atom. The summed E-state index contributed by atoms with van der Waals surface area (Å²) in [7, 11) is 0.759. The molecule has 0 aromatic carbocycles. The van der Waals surface area contributed by atoms with Gasteiger partial charge in [-0.05, 0) is 40.0 Å². The molecule has 3 heteroatoms. The molecule has 24 heavy (non-hydrogen) atoms. The minimum Gasteiger partial charge on any atom is -0.338 e. The fourth-order valence-corrected chi connectivity index (χ4v) is 3.14. The maximum Gasteiger partial charge on any atom is -0.0449 e. The average molecular weight is 546 g/mol. The van der Waals surface area contributed by atoms with Crippen LogP contribution in [0.25, 0.3) is 0 Å². The quantitative estimate of drug-likeness (QED) is 0.218. The van der Waals surface area contributed by atoms with Crippen molar-refractivity contribution in [2.24, 2.45) is 16.2 Å². The predicted octanol–water partition coefficient (Wildman–Crippen LogP) is 7.50. The Hall–Kier alpha value is 1.20. The molecule has 149 valence electrons. The summed E-state index contributed by atoms with van der Waals surface area (Å²) in [6.07, 6.45) is 0. The zero-order valence-corrected chi connectivity index (χ0v) is 24.3. The molecular weight excluding hydrogens is 498 g/mol. The van der Waals surface area contributed by atoms with Crippen LogP contribution >= 0.6 is 15.8 Å². The van der Waals surface area contributed by atoms with E-state index in [-0.39, 0.29) is 5.41 Å². The molecule has 0 rings (SSSR count). The van der Waals surface area contributed by atoms with Crippen LogP contribution < -0.4 is 0 Å². The summed E-state index contributed by atoms with van der Waals surface area (Å²) in [4.78, 5) is 0. The standard InChI is InChI=1S/C5H11.C5H10.C5H9.2C3H9P.W/c3*1-5(2,3)4;2*1-4(2)3;/h1H2,2-4H3;1H,2-4H3;1-3H3;2*1-3H3;/q-1;;;;;. The summed E-state index contributed by atoms with van der Waals surface area (Å²) in [5.41, 5.74) is 0.968. The van der Waals surface area contributed by atoms with Gasteiger partial charge in [0.2, 0.25) is 0 Å². The molecule has 0 fully saturated rings. The van der Waals surface area contributed by atoms with Gasteiger partial charge in [-0.15, -0.1) is 15.8 Å². The zero-order chi connectivity index (χ0) is 20.8. The Kier molecular flexibility index (Phi) is 22.4. The van der Waals surface area contributed by atoms with Crippen molar-refractivity contribution >= 4 is 20.2 Å². The summed E-state index contributed by atoms with van der Waals surface area (Å²) < 4.78 is 6.06. The van der Waals surface area contributed by atoms with Gasteiger partial charge in [0.1, 0.15) is 0 Å².